The molecule has 0 atom stereocenters. The third kappa shape index (κ3) is 3.17. The van der Waals surface area contributed by atoms with E-state index < -0.39 is 26.8 Å². The Hall–Kier alpha value is -2.62. The molecule has 0 spiro atoms. The highest BCUT2D eigenvalue weighted by Crippen LogP contribution is 2.33. The molecule has 10 heteroatoms. The summed E-state index contributed by atoms with van der Waals surface area (Å²) in [6.07, 6.45) is 0. The van der Waals surface area contributed by atoms with E-state index >= 15 is 0 Å². The summed E-state index contributed by atoms with van der Waals surface area (Å²) in [6, 6.07) is 1.87. The molecule has 1 aromatic heterocycles. The number of nitrogens with zero attached hydrogens (tertiary/aromatic N) is 3. The maximum Gasteiger partial charge on any atom is 0.294 e. The number of non-ortho nitro benzene ring substituents is 2. The van der Waals surface area contributed by atoms with E-state index in [4.69, 9.17) is 0 Å². The molecule has 22 heavy (non-hydrogen) atoms. The van der Waals surface area contributed by atoms with E-state index in [0.29, 0.717) is 12.5 Å². The lowest BCUT2D eigenvalue weighted by Crippen LogP contribution is -2.13. The molecule has 0 bridgehead atoms. The second-order valence-corrected chi connectivity index (χ2v) is 5.95. The molecule has 1 aromatic carbocycles. The minimum Gasteiger partial charge on any atom is -0.361 e. The summed E-state index contributed by atoms with van der Waals surface area (Å²) in [5.74, 6) is 0.298. The van der Waals surface area contributed by atoms with Gasteiger partial charge in [-0.05, 0) is 5.92 Å². The average Bonchev–Trinajstić information content (AvgIpc) is 2.43. The highest BCUT2D eigenvalue weighted by atomic mass is 32.1. The minimum absolute atomic E-state index is 0.0712. The van der Waals surface area contributed by atoms with Crippen LogP contribution in [-0.4, -0.2) is 21.4 Å². The lowest BCUT2D eigenvalue weighted by Gasteiger charge is -2.07. The summed E-state index contributed by atoms with van der Waals surface area (Å²) in [5.41, 5.74) is -1.71. The number of nitro groups is 2. The minimum atomic E-state index is -0.776. The molecule has 0 saturated heterocycles. The van der Waals surface area contributed by atoms with E-state index in [1.165, 1.54) is 0 Å². The molecule has 0 amide bonds. The van der Waals surface area contributed by atoms with Gasteiger partial charge in [0.15, 0.2) is 5.13 Å². The first-order chi connectivity index (χ1) is 10.3. The molecule has 2 aromatic rings. The summed E-state index contributed by atoms with van der Waals surface area (Å²) in [4.78, 5) is 36.2. The summed E-state index contributed by atoms with van der Waals surface area (Å²) < 4.78 is 0.0712. The summed E-state index contributed by atoms with van der Waals surface area (Å²) in [5, 5.41) is 25.0. The van der Waals surface area contributed by atoms with Crippen LogP contribution in [0.2, 0.25) is 0 Å². The van der Waals surface area contributed by atoms with E-state index in [9.17, 15) is 25.0 Å². The number of benzene rings is 1. The van der Waals surface area contributed by atoms with Crippen LogP contribution in [0.5, 0.6) is 0 Å². The standard InChI is InChI=1S/C12H12N4O5S/c1-6(2)5-13-12-14-11(17)8-3-7(15(18)19)4-9(16(20)21)10(8)22-12/h3-4,6H,5H2,1-2H3,(H,13,14,17). The van der Waals surface area contributed by atoms with Gasteiger partial charge in [-0.25, -0.2) is 0 Å². The average molecular weight is 324 g/mol. The lowest BCUT2D eigenvalue weighted by atomic mass is 10.2. The molecule has 0 aliphatic carbocycles. The third-order valence-corrected chi connectivity index (χ3v) is 3.82. The summed E-state index contributed by atoms with van der Waals surface area (Å²) >= 11 is 0.932. The molecule has 9 nitrogen and oxygen atoms in total. The van der Waals surface area contributed by atoms with Crippen molar-refractivity contribution in [3.8, 4) is 0 Å². The van der Waals surface area contributed by atoms with E-state index in [1.54, 1.807) is 0 Å². The fourth-order valence-corrected chi connectivity index (χ4v) is 2.72. The van der Waals surface area contributed by atoms with Gasteiger partial charge in [-0.3, -0.25) is 25.0 Å². The predicted octanol–water partition coefficient (Wildman–Crippen LogP) is 2.54. The Kier molecular flexibility index (Phi) is 4.31. The Labute approximate surface area is 127 Å². The zero-order valence-electron chi connectivity index (χ0n) is 11.7. The van der Waals surface area contributed by atoms with Crippen molar-refractivity contribution in [2.45, 2.75) is 13.8 Å². The number of nitrogens with one attached hydrogen (secondary N) is 1. The maximum atomic E-state index is 12.0. The molecule has 116 valence electrons. The van der Waals surface area contributed by atoms with Crippen LogP contribution in [0.1, 0.15) is 13.8 Å². The highest BCUT2D eigenvalue weighted by molar-refractivity contribution is 7.22. The highest BCUT2D eigenvalue weighted by Gasteiger charge is 2.22. The summed E-state index contributed by atoms with van der Waals surface area (Å²) in [7, 11) is 0. The molecular weight excluding hydrogens is 312 g/mol. The molecular formula is C12H12N4O5S. The van der Waals surface area contributed by atoms with Crippen molar-refractivity contribution in [1.82, 2.24) is 4.98 Å². The van der Waals surface area contributed by atoms with E-state index in [0.717, 1.165) is 23.5 Å². The fourth-order valence-electron chi connectivity index (χ4n) is 1.74. The van der Waals surface area contributed by atoms with Crippen LogP contribution in [0.4, 0.5) is 16.5 Å². The fraction of sp³-hybridized carbons (Fsp3) is 0.333. The van der Waals surface area contributed by atoms with Crippen LogP contribution in [0, 0.1) is 26.1 Å². The third-order valence-electron chi connectivity index (χ3n) is 2.76. The van der Waals surface area contributed by atoms with Gasteiger partial charge in [0.25, 0.3) is 16.9 Å². The number of aromatic nitrogens is 1. The molecule has 0 unspecified atom stereocenters. The van der Waals surface area contributed by atoms with Crippen molar-refractivity contribution in [2.75, 3.05) is 11.9 Å². The predicted molar refractivity (Wildman–Crippen MR) is 82.5 cm³/mol. The largest absolute Gasteiger partial charge is 0.361 e. The Morgan fingerprint density at radius 3 is 2.50 bits per heavy atom. The first kappa shape index (κ1) is 15.8. The van der Waals surface area contributed by atoms with Crippen LogP contribution in [0.15, 0.2) is 16.9 Å². The van der Waals surface area contributed by atoms with Crippen molar-refractivity contribution in [2.24, 2.45) is 5.92 Å². The van der Waals surface area contributed by atoms with Gasteiger partial charge < -0.3 is 5.32 Å². The van der Waals surface area contributed by atoms with E-state index in [2.05, 4.69) is 10.3 Å². The van der Waals surface area contributed by atoms with Crippen molar-refractivity contribution in [3.63, 3.8) is 0 Å². The van der Waals surface area contributed by atoms with Crippen LogP contribution >= 0.6 is 11.3 Å². The van der Waals surface area contributed by atoms with Gasteiger partial charge in [-0.1, -0.05) is 25.2 Å². The van der Waals surface area contributed by atoms with Gasteiger partial charge >= 0.3 is 0 Å². The Balaban J connectivity index is 2.68. The molecule has 1 heterocycles. The smallest absolute Gasteiger partial charge is 0.294 e. The van der Waals surface area contributed by atoms with Crippen LogP contribution in [0.3, 0.4) is 0 Å². The van der Waals surface area contributed by atoms with Crippen LogP contribution < -0.4 is 10.9 Å². The van der Waals surface area contributed by atoms with Crippen molar-refractivity contribution < 1.29 is 9.85 Å². The second kappa shape index (κ2) is 6.02. The van der Waals surface area contributed by atoms with Crippen LogP contribution in [-0.2, 0) is 0 Å². The number of anilines is 1. The van der Waals surface area contributed by atoms with Crippen molar-refractivity contribution >= 4 is 37.9 Å². The van der Waals surface area contributed by atoms with Gasteiger partial charge in [0.1, 0.15) is 4.70 Å². The normalized spacial score (nSPS) is 10.9. The SMILES string of the molecule is CC(C)CNc1nc(=O)c2cc([N+](=O)[O-])cc([N+](=O)[O-])c2s1. The molecule has 1 N–H and O–H groups in total. The quantitative estimate of drug-likeness (QED) is 0.661. The Morgan fingerprint density at radius 1 is 1.27 bits per heavy atom. The number of hydrogen-bond acceptors (Lipinski definition) is 8. The maximum absolute atomic E-state index is 12.0. The van der Waals surface area contributed by atoms with Gasteiger partial charge in [-0.15, -0.1) is 0 Å². The number of hydrogen-bond donors (Lipinski definition) is 1. The molecule has 0 aliphatic rings. The lowest BCUT2D eigenvalue weighted by molar-refractivity contribution is -0.392. The molecule has 0 saturated carbocycles. The number of nitro benzene ring substituents is 2. The molecule has 0 radical (unpaired) electrons. The van der Waals surface area contributed by atoms with E-state index in [-0.39, 0.29) is 15.2 Å². The Morgan fingerprint density at radius 2 is 1.95 bits per heavy atom. The number of rotatable bonds is 5. The van der Waals surface area contributed by atoms with Gasteiger partial charge in [0, 0.05) is 12.6 Å². The van der Waals surface area contributed by atoms with Gasteiger partial charge in [0.05, 0.1) is 21.3 Å². The van der Waals surface area contributed by atoms with E-state index in [1.807, 2.05) is 13.8 Å². The van der Waals surface area contributed by atoms with Crippen molar-refractivity contribution in [1.29, 1.82) is 0 Å². The monoisotopic (exact) mass is 324 g/mol. The van der Waals surface area contributed by atoms with Crippen LogP contribution in [0.25, 0.3) is 10.1 Å². The topological polar surface area (TPSA) is 128 Å². The molecule has 0 fully saturated rings. The van der Waals surface area contributed by atoms with Gasteiger partial charge in [-0.2, -0.15) is 4.98 Å². The summed E-state index contributed by atoms with van der Waals surface area (Å²) in [6.45, 7) is 4.47. The molecule has 2 rings (SSSR count). The second-order valence-electron chi connectivity index (χ2n) is 4.95. The zero-order valence-corrected chi connectivity index (χ0v) is 12.5. The first-order valence-corrected chi connectivity index (χ1v) is 7.12. The Bertz CT molecular complexity index is 817. The zero-order chi connectivity index (χ0) is 16.4. The van der Waals surface area contributed by atoms with Crippen molar-refractivity contribution in [3.05, 3.63) is 42.7 Å². The number of fused-ring (bicyclic) bond motifs is 1. The first-order valence-electron chi connectivity index (χ1n) is 6.31. The molecule has 0 aliphatic heterocycles. The van der Waals surface area contributed by atoms with Gasteiger partial charge in [0.2, 0.25) is 0 Å².